The van der Waals surface area contributed by atoms with Crippen molar-refractivity contribution in [1.29, 1.82) is 0 Å². The van der Waals surface area contributed by atoms with E-state index in [4.69, 9.17) is 4.74 Å². The van der Waals surface area contributed by atoms with Crippen molar-refractivity contribution in [2.24, 2.45) is 0 Å². The van der Waals surface area contributed by atoms with Gasteiger partial charge in [0.05, 0.1) is 13.7 Å². The molecular weight excluding hydrogens is 324 g/mol. The van der Waals surface area contributed by atoms with Gasteiger partial charge in [0, 0.05) is 12.6 Å². The normalized spacial score (nSPS) is 17.2. The third kappa shape index (κ3) is 4.85. The minimum Gasteiger partial charge on any atom is -0.497 e. The van der Waals surface area contributed by atoms with Crippen LogP contribution in [0.1, 0.15) is 35.6 Å². The molecule has 0 saturated carbocycles. The summed E-state index contributed by atoms with van der Waals surface area (Å²) in [6, 6.07) is 17.0. The van der Waals surface area contributed by atoms with Crippen LogP contribution in [0.5, 0.6) is 5.75 Å². The Labute approximate surface area is 156 Å². The van der Waals surface area contributed by atoms with Gasteiger partial charge >= 0.3 is 0 Å². The van der Waals surface area contributed by atoms with Crippen LogP contribution in [-0.2, 0) is 11.2 Å². The van der Waals surface area contributed by atoms with E-state index in [0.717, 1.165) is 31.6 Å². The SMILES string of the molecule is COc1ccc(CCNC(=O)CN2CCCC2c2ccc(C)cc2)cc1. The smallest absolute Gasteiger partial charge is 0.234 e. The number of carbonyl (C=O) groups excluding carboxylic acids is 1. The molecule has 4 heteroatoms. The molecule has 1 N–H and O–H groups in total. The van der Waals surface area contributed by atoms with Gasteiger partial charge in [-0.2, -0.15) is 0 Å². The van der Waals surface area contributed by atoms with Crippen LogP contribution in [0.2, 0.25) is 0 Å². The third-order valence-electron chi connectivity index (χ3n) is 5.07. The predicted molar refractivity (Wildman–Crippen MR) is 104 cm³/mol. The van der Waals surface area contributed by atoms with Gasteiger partial charge in [0.2, 0.25) is 5.91 Å². The Morgan fingerprint density at radius 1 is 1.15 bits per heavy atom. The molecule has 3 rings (SSSR count). The van der Waals surface area contributed by atoms with Crippen molar-refractivity contribution >= 4 is 5.91 Å². The summed E-state index contributed by atoms with van der Waals surface area (Å²) in [6.07, 6.45) is 3.11. The summed E-state index contributed by atoms with van der Waals surface area (Å²) in [5.41, 5.74) is 3.79. The molecule has 0 aliphatic carbocycles. The maximum absolute atomic E-state index is 12.3. The zero-order chi connectivity index (χ0) is 18.4. The fraction of sp³-hybridized carbons (Fsp3) is 0.409. The Kier molecular flexibility index (Phi) is 6.29. The molecule has 2 aromatic rings. The number of benzene rings is 2. The summed E-state index contributed by atoms with van der Waals surface area (Å²) in [5.74, 6) is 0.964. The first-order chi connectivity index (χ1) is 12.7. The molecule has 1 amide bonds. The maximum atomic E-state index is 12.3. The highest BCUT2D eigenvalue weighted by Crippen LogP contribution is 2.31. The molecule has 2 aromatic carbocycles. The summed E-state index contributed by atoms with van der Waals surface area (Å²) in [4.78, 5) is 14.6. The van der Waals surface area contributed by atoms with Gasteiger partial charge in [0.15, 0.2) is 0 Å². The van der Waals surface area contributed by atoms with Crippen LogP contribution in [0, 0.1) is 6.92 Å². The highest BCUT2D eigenvalue weighted by Gasteiger charge is 2.27. The van der Waals surface area contributed by atoms with E-state index in [1.807, 2.05) is 24.3 Å². The maximum Gasteiger partial charge on any atom is 0.234 e. The van der Waals surface area contributed by atoms with Crippen molar-refractivity contribution in [3.8, 4) is 5.75 Å². The van der Waals surface area contributed by atoms with Crippen molar-refractivity contribution in [1.82, 2.24) is 10.2 Å². The minimum atomic E-state index is 0.109. The number of rotatable bonds is 7. The van der Waals surface area contributed by atoms with Gasteiger partial charge in [-0.1, -0.05) is 42.0 Å². The first kappa shape index (κ1) is 18.5. The number of hydrogen-bond donors (Lipinski definition) is 1. The number of methoxy groups -OCH3 is 1. The highest BCUT2D eigenvalue weighted by molar-refractivity contribution is 5.78. The lowest BCUT2D eigenvalue weighted by molar-refractivity contribution is -0.122. The number of nitrogens with one attached hydrogen (secondary N) is 1. The molecule has 1 fully saturated rings. The summed E-state index contributed by atoms with van der Waals surface area (Å²) < 4.78 is 5.16. The quantitative estimate of drug-likeness (QED) is 0.829. The predicted octanol–water partition coefficient (Wildman–Crippen LogP) is 3.50. The van der Waals surface area contributed by atoms with Crippen LogP contribution in [0.15, 0.2) is 48.5 Å². The fourth-order valence-corrected chi connectivity index (χ4v) is 3.56. The Bertz CT molecular complexity index is 710. The van der Waals surface area contributed by atoms with Gasteiger partial charge in [-0.3, -0.25) is 9.69 Å². The van der Waals surface area contributed by atoms with Crippen LogP contribution in [0.4, 0.5) is 0 Å². The van der Waals surface area contributed by atoms with Crippen molar-refractivity contribution in [3.63, 3.8) is 0 Å². The minimum absolute atomic E-state index is 0.109. The molecule has 26 heavy (non-hydrogen) atoms. The molecule has 1 unspecified atom stereocenters. The van der Waals surface area contributed by atoms with E-state index in [1.165, 1.54) is 16.7 Å². The number of aryl methyl sites for hydroxylation is 1. The van der Waals surface area contributed by atoms with E-state index in [0.29, 0.717) is 19.1 Å². The van der Waals surface area contributed by atoms with Crippen LogP contribution in [0.3, 0.4) is 0 Å². The summed E-state index contributed by atoms with van der Waals surface area (Å²) in [5, 5.41) is 3.06. The molecule has 1 aliphatic heterocycles. The molecule has 1 heterocycles. The van der Waals surface area contributed by atoms with Gasteiger partial charge in [-0.05, 0) is 56.0 Å². The molecule has 4 nitrogen and oxygen atoms in total. The number of ether oxygens (including phenoxy) is 1. The second-order valence-electron chi connectivity index (χ2n) is 6.99. The third-order valence-corrected chi connectivity index (χ3v) is 5.07. The van der Waals surface area contributed by atoms with Gasteiger partial charge in [0.25, 0.3) is 0 Å². The second kappa shape index (κ2) is 8.86. The Balaban J connectivity index is 1.46. The average molecular weight is 352 g/mol. The number of hydrogen-bond acceptors (Lipinski definition) is 3. The van der Waals surface area contributed by atoms with E-state index in [2.05, 4.69) is 41.4 Å². The average Bonchev–Trinajstić information content (AvgIpc) is 3.11. The van der Waals surface area contributed by atoms with E-state index in [1.54, 1.807) is 7.11 Å². The van der Waals surface area contributed by atoms with Crippen molar-refractivity contribution in [3.05, 3.63) is 65.2 Å². The molecule has 1 saturated heterocycles. The first-order valence-electron chi connectivity index (χ1n) is 9.36. The number of carbonyl (C=O) groups is 1. The second-order valence-corrected chi connectivity index (χ2v) is 6.99. The molecule has 138 valence electrons. The zero-order valence-electron chi connectivity index (χ0n) is 15.7. The largest absolute Gasteiger partial charge is 0.497 e. The number of likely N-dealkylation sites (tertiary alicyclic amines) is 1. The van der Waals surface area contributed by atoms with E-state index >= 15 is 0 Å². The fourth-order valence-electron chi connectivity index (χ4n) is 3.56. The topological polar surface area (TPSA) is 41.6 Å². The first-order valence-corrected chi connectivity index (χ1v) is 9.36. The lowest BCUT2D eigenvalue weighted by atomic mass is 10.0. The van der Waals surface area contributed by atoms with Crippen LogP contribution < -0.4 is 10.1 Å². The summed E-state index contributed by atoms with van der Waals surface area (Å²) in [6.45, 7) is 4.23. The van der Waals surface area contributed by atoms with Crippen LogP contribution in [0.25, 0.3) is 0 Å². The van der Waals surface area contributed by atoms with Crippen molar-refractivity contribution < 1.29 is 9.53 Å². The lowest BCUT2D eigenvalue weighted by Crippen LogP contribution is -2.37. The zero-order valence-corrected chi connectivity index (χ0v) is 15.7. The number of nitrogens with zero attached hydrogens (tertiary/aromatic N) is 1. The Hall–Kier alpha value is -2.33. The highest BCUT2D eigenvalue weighted by atomic mass is 16.5. The van der Waals surface area contributed by atoms with Gasteiger partial charge in [-0.15, -0.1) is 0 Å². The van der Waals surface area contributed by atoms with E-state index in [9.17, 15) is 4.79 Å². The van der Waals surface area contributed by atoms with E-state index < -0.39 is 0 Å². The monoisotopic (exact) mass is 352 g/mol. The Morgan fingerprint density at radius 3 is 2.58 bits per heavy atom. The van der Waals surface area contributed by atoms with Gasteiger partial charge in [0.1, 0.15) is 5.75 Å². The molecule has 0 spiro atoms. The summed E-state index contributed by atoms with van der Waals surface area (Å²) >= 11 is 0. The van der Waals surface area contributed by atoms with Crippen molar-refractivity contribution in [2.75, 3.05) is 26.7 Å². The molecule has 1 atom stereocenters. The molecule has 0 bridgehead atoms. The van der Waals surface area contributed by atoms with Crippen LogP contribution >= 0.6 is 0 Å². The molecule has 0 radical (unpaired) electrons. The van der Waals surface area contributed by atoms with Gasteiger partial charge < -0.3 is 10.1 Å². The van der Waals surface area contributed by atoms with Crippen LogP contribution in [-0.4, -0.2) is 37.6 Å². The standard InChI is InChI=1S/C22H28N2O2/c1-17-5-9-19(10-6-17)21-4-3-15-24(21)16-22(25)23-14-13-18-7-11-20(26-2)12-8-18/h5-12,21H,3-4,13-16H2,1-2H3,(H,23,25). The molecular formula is C22H28N2O2. The van der Waals surface area contributed by atoms with Gasteiger partial charge in [-0.25, -0.2) is 0 Å². The molecule has 1 aliphatic rings. The number of amides is 1. The van der Waals surface area contributed by atoms with Crippen molar-refractivity contribution in [2.45, 2.75) is 32.2 Å². The molecule has 0 aromatic heterocycles. The lowest BCUT2D eigenvalue weighted by Gasteiger charge is -2.24. The van der Waals surface area contributed by atoms with E-state index in [-0.39, 0.29) is 5.91 Å². The Morgan fingerprint density at radius 2 is 1.88 bits per heavy atom. The summed E-state index contributed by atoms with van der Waals surface area (Å²) in [7, 11) is 1.66.